The second-order valence-corrected chi connectivity index (χ2v) is 5.11. The third-order valence-electron chi connectivity index (χ3n) is 2.07. The van der Waals surface area contributed by atoms with E-state index in [2.05, 4.69) is 0 Å². The van der Waals surface area contributed by atoms with Gasteiger partial charge in [0.1, 0.15) is 0 Å². The Morgan fingerprint density at radius 2 is 1.74 bits per heavy atom. The molecule has 2 atom stereocenters. The molecule has 0 unspecified atom stereocenters. The van der Waals surface area contributed by atoms with Gasteiger partial charge < -0.3 is 15.2 Å². The molecule has 0 spiro atoms. The summed E-state index contributed by atoms with van der Waals surface area (Å²) in [5, 5.41) is 10.3. The van der Waals surface area contributed by atoms with Gasteiger partial charge in [0.2, 0.25) is 0 Å². The minimum absolute atomic E-state index is 0.654. The smallest absolute Gasteiger partial charge is 0.471 e. The molecule has 0 bridgehead atoms. The van der Waals surface area contributed by atoms with E-state index in [1.165, 1.54) is 6.92 Å². The number of amides is 1. The summed E-state index contributed by atoms with van der Waals surface area (Å²) in [5.41, 5.74) is -0.668. The van der Waals surface area contributed by atoms with Crippen molar-refractivity contribution in [3.8, 4) is 0 Å². The van der Waals surface area contributed by atoms with Crippen molar-refractivity contribution >= 4 is 11.9 Å². The van der Waals surface area contributed by atoms with Gasteiger partial charge in [-0.15, -0.1) is 0 Å². The molecule has 0 aromatic heterocycles. The number of carbonyl (C=O) groups is 2. The van der Waals surface area contributed by atoms with Crippen molar-refractivity contribution in [3.05, 3.63) is 0 Å². The highest BCUT2D eigenvalue weighted by Gasteiger charge is 2.41. The lowest BCUT2D eigenvalue weighted by atomic mass is 10.1. The first kappa shape index (κ1) is 17.7. The van der Waals surface area contributed by atoms with Crippen LogP contribution in [0.3, 0.4) is 0 Å². The topological polar surface area (TPSA) is 75.6 Å². The highest BCUT2D eigenvalue weighted by atomic mass is 19.4. The second kappa shape index (κ2) is 6.23. The Kier molecular flexibility index (Phi) is 5.80. The number of ether oxygens (including phenoxy) is 1. The fourth-order valence-electron chi connectivity index (χ4n) is 1.41. The molecule has 0 saturated heterocycles. The minimum Gasteiger partial charge on any atom is -0.481 e. The van der Waals surface area contributed by atoms with Gasteiger partial charge in [-0.2, -0.15) is 13.2 Å². The number of carboxylic acids is 1. The van der Waals surface area contributed by atoms with Crippen LogP contribution in [-0.4, -0.2) is 40.9 Å². The maximum absolute atomic E-state index is 12.1. The third-order valence-corrected chi connectivity index (χ3v) is 2.07. The van der Waals surface area contributed by atoms with Gasteiger partial charge in [-0.3, -0.25) is 9.59 Å². The molecular weight excluding hydrogens is 267 g/mol. The number of rotatable bonds is 5. The predicted octanol–water partition coefficient (Wildman–Crippen LogP) is 1.71. The van der Waals surface area contributed by atoms with Gasteiger partial charge in [-0.25, -0.2) is 0 Å². The zero-order valence-electron chi connectivity index (χ0n) is 11.2. The predicted molar refractivity (Wildman–Crippen MR) is 60.5 cm³/mol. The zero-order chi connectivity index (χ0) is 15.4. The van der Waals surface area contributed by atoms with Gasteiger partial charge in [0, 0.05) is 0 Å². The summed E-state index contributed by atoms with van der Waals surface area (Å²) in [7, 11) is 0. The molecule has 112 valence electrons. The molecule has 0 aliphatic rings. The van der Waals surface area contributed by atoms with Gasteiger partial charge >= 0.3 is 18.1 Å². The largest absolute Gasteiger partial charge is 0.481 e. The first-order chi connectivity index (χ1) is 8.33. The van der Waals surface area contributed by atoms with Crippen molar-refractivity contribution in [2.45, 2.75) is 58.0 Å². The summed E-state index contributed by atoms with van der Waals surface area (Å²) < 4.78 is 41.8. The average Bonchev–Trinajstić information content (AvgIpc) is 2.11. The van der Waals surface area contributed by atoms with E-state index >= 15 is 0 Å². The van der Waals surface area contributed by atoms with Crippen LogP contribution in [0.4, 0.5) is 13.2 Å². The van der Waals surface area contributed by atoms with Crippen LogP contribution < -0.4 is 5.32 Å². The van der Waals surface area contributed by atoms with Crippen molar-refractivity contribution in [1.82, 2.24) is 5.32 Å². The molecule has 5 nitrogen and oxygen atoms in total. The molecule has 0 saturated carbocycles. The molecule has 2 N–H and O–H groups in total. The van der Waals surface area contributed by atoms with Crippen LogP contribution in [0.15, 0.2) is 0 Å². The molecular formula is C11H18F3NO4. The number of aliphatic carboxylic acids is 1. The molecule has 0 radical (unpaired) electrons. The molecule has 19 heavy (non-hydrogen) atoms. The summed E-state index contributed by atoms with van der Waals surface area (Å²) in [6.45, 7) is 6.43. The lowest BCUT2D eigenvalue weighted by Crippen LogP contribution is -2.50. The molecule has 0 aliphatic carbocycles. The lowest BCUT2D eigenvalue weighted by Gasteiger charge is -2.30. The maximum Gasteiger partial charge on any atom is 0.471 e. The Bertz CT molecular complexity index is 336. The van der Waals surface area contributed by atoms with E-state index in [1.54, 1.807) is 26.1 Å². The van der Waals surface area contributed by atoms with Crippen LogP contribution in [0.1, 0.15) is 34.1 Å². The van der Waals surface area contributed by atoms with Crippen LogP contribution in [0, 0.1) is 0 Å². The van der Waals surface area contributed by atoms with Crippen LogP contribution in [0.5, 0.6) is 0 Å². The van der Waals surface area contributed by atoms with Gasteiger partial charge in [0.05, 0.1) is 24.2 Å². The first-order valence-corrected chi connectivity index (χ1v) is 5.60. The fraction of sp³-hybridized carbons (Fsp3) is 0.818. The van der Waals surface area contributed by atoms with Gasteiger partial charge in [0.15, 0.2) is 0 Å². The van der Waals surface area contributed by atoms with Crippen molar-refractivity contribution in [1.29, 1.82) is 0 Å². The van der Waals surface area contributed by atoms with E-state index < -0.39 is 42.2 Å². The van der Waals surface area contributed by atoms with E-state index in [4.69, 9.17) is 9.84 Å². The van der Waals surface area contributed by atoms with E-state index in [-0.39, 0.29) is 0 Å². The number of nitrogens with one attached hydrogen (secondary N) is 1. The van der Waals surface area contributed by atoms with Crippen LogP contribution in [0.25, 0.3) is 0 Å². The fourth-order valence-corrected chi connectivity index (χ4v) is 1.41. The normalized spacial score (nSPS) is 15.7. The summed E-state index contributed by atoms with van der Waals surface area (Å²) in [5.74, 6) is -3.50. The molecule has 0 aromatic carbocycles. The Labute approximate surface area is 109 Å². The van der Waals surface area contributed by atoms with E-state index in [9.17, 15) is 22.8 Å². The molecule has 0 fully saturated rings. The Morgan fingerprint density at radius 3 is 2.05 bits per heavy atom. The molecule has 1 amide bonds. The second-order valence-electron chi connectivity index (χ2n) is 5.11. The molecule has 0 rings (SSSR count). The highest BCUT2D eigenvalue weighted by Crippen LogP contribution is 2.18. The molecule has 0 heterocycles. The summed E-state index contributed by atoms with van der Waals surface area (Å²) in [6, 6.07) is -1.26. The quantitative estimate of drug-likeness (QED) is 0.806. The van der Waals surface area contributed by atoms with Gasteiger partial charge in [0.25, 0.3) is 0 Å². The number of hydrogen-bond donors (Lipinski definition) is 2. The van der Waals surface area contributed by atoms with Gasteiger partial charge in [-0.05, 0) is 27.7 Å². The average molecular weight is 285 g/mol. The summed E-state index contributed by atoms with van der Waals surface area (Å²) >= 11 is 0. The van der Waals surface area contributed by atoms with Gasteiger partial charge in [-0.1, -0.05) is 0 Å². The molecule has 0 aromatic rings. The Morgan fingerprint density at radius 1 is 1.26 bits per heavy atom. The first-order valence-electron chi connectivity index (χ1n) is 5.60. The minimum atomic E-state index is -5.06. The summed E-state index contributed by atoms with van der Waals surface area (Å²) in [4.78, 5) is 21.5. The standard InChI is InChI=1S/C11H18F3NO4/c1-6(19-10(2,3)4)7(5-8(16)17)15-9(18)11(12,13)14/h6-7H,5H2,1-4H3,(H,15,18)(H,16,17)/t6-,7-/m0/s1. The molecule has 0 aliphatic heterocycles. The van der Waals surface area contributed by atoms with Crippen molar-refractivity contribution in [3.63, 3.8) is 0 Å². The summed E-state index contributed by atoms with van der Waals surface area (Å²) in [6.07, 6.45) is -6.58. The van der Waals surface area contributed by atoms with Crippen molar-refractivity contribution < 1.29 is 32.6 Å². The van der Waals surface area contributed by atoms with E-state index in [1.807, 2.05) is 0 Å². The van der Waals surface area contributed by atoms with Crippen LogP contribution in [-0.2, 0) is 14.3 Å². The third kappa shape index (κ3) is 7.66. The van der Waals surface area contributed by atoms with Crippen LogP contribution in [0.2, 0.25) is 0 Å². The SMILES string of the molecule is C[C@H](OC(C)(C)C)[C@H](CC(=O)O)NC(=O)C(F)(F)F. The van der Waals surface area contributed by atoms with E-state index in [0.29, 0.717) is 0 Å². The number of halogens is 3. The monoisotopic (exact) mass is 285 g/mol. The highest BCUT2D eigenvalue weighted by molar-refractivity contribution is 5.82. The number of carbonyl (C=O) groups excluding carboxylic acids is 1. The van der Waals surface area contributed by atoms with Crippen LogP contribution >= 0.6 is 0 Å². The Balaban J connectivity index is 4.82. The van der Waals surface area contributed by atoms with Crippen molar-refractivity contribution in [2.75, 3.05) is 0 Å². The number of alkyl halides is 3. The molecule has 8 heteroatoms. The Hall–Kier alpha value is -1.31. The van der Waals surface area contributed by atoms with Crippen molar-refractivity contribution in [2.24, 2.45) is 0 Å². The number of hydrogen-bond acceptors (Lipinski definition) is 3. The zero-order valence-corrected chi connectivity index (χ0v) is 11.2. The lowest BCUT2D eigenvalue weighted by molar-refractivity contribution is -0.176. The van der Waals surface area contributed by atoms with E-state index in [0.717, 1.165) is 0 Å². The number of carboxylic acid groups (broad SMARTS) is 1. The maximum atomic E-state index is 12.1.